The molecular weight excluding hydrogens is 331 g/mol. The van der Waals surface area contributed by atoms with Gasteiger partial charge in [-0.25, -0.2) is 4.39 Å². The summed E-state index contributed by atoms with van der Waals surface area (Å²) in [5.74, 6) is -3.12. The molecule has 1 unspecified atom stereocenters. The first kappa shape index (κ1) is 19.8. The highest BCUT2D eigenvalue weighted by atomic mass is 19.1. The van der Waals surface area contributed by atoms with Crippen molar-refractivity contribution in [3.8, 4) is 0 Å². The van der Waals surface area contributed by atoms with Crippen molar-refractivity contribution in [3.05, 3.63) is 0 Å². The molecule has 0 radical (unpaired) electrons. The number of carbonyl (C=O) groups is 4. The average molecular weight is 350 g/mol. The van der Waals surface area contributed by atoms with Gasteiger partial charge in [0.25, 0.3) is 0 Å². The normalized spacial score (nSPS) is 29.3. The summed E-state index contributed by atoms with van der Waals surface area (Å²) in [4.78, 5) is 44.5. The predicted molar refractivity (Wildman–Crippen MR) is 73.1 cm³/mol. The molecule has 1 fully saturated rings. The second kappa shape index (κ2) is 8.57. The molecule has 136 valence electrons. The summed E-state index contributed by atoms with van der Waals surface area (Å²) in [6, 6.07) is 0. The first-order valence-electron chi connectivity index (χ1n) is 7.06. The minimum Gasteiger partial charge on any atom is -0.463 e. The number of hydrogen-bond acceptors (Lipinski definition) is 9. The molecule has 1 aliphatic rings. The van der Waals surface area contributed by atoms with Gasteiger partial charge in [0.15, 0.2) is 12.3 Å². The molecule has 5 atom stereocenters. The van der Waals surface area contributed by atoms with Crippen molar-refractivity contribution < 1.29 is 47.3 Å². The maximum Gasteiger partial charge on any atom is 0.305 e. The lowest BCUT2D eigenvalue weighted by atomic mass is 10.00. The van der Waals surface area contributed by atoms with Gasteiger partial charge < -0.3 is 23.7 Å². The lowest BCUT2D eigenvalue weighted by Crippen LogP contribution is -2.60. The van der Waals surface area contributed by atoms with Crippen LogP contribution in [0.2, 0.25) is 0 Å². The Balaban J connectivity index is 3.07. The van der Waals surface area contributed by atoms with Crippen molar-refractivity contribution in [1.29, 1.82) is 0 Å². The van der Waals surface area contributed by atoms with E-state index in [1.165, 1.54) is 0 Å². The van der Waals surface area contributed by atoms with Gasteiger partial charge in [-0.1, -0.05) is 0 Å². The van der Waals surface area contributed by atoms with E-state index in [1.54, 1.807) is 0 Å². The van der Waals surface area contributed by atoms with E-state index in [-0.39, 0.29) is 0 Å². The molecule has 0 spiro atoms. The Morgan fingerprint density at radius 1 is 0.833 bits per heavy atom. The molecule has 0 N–H and O–H groups in total. The van der Waals surface area contributed by atoms with E-state index in [1.807, 2.05) is 0 Å². The third-order valence-corrected chi connectivity index (χ3v) is 2.91. The zero-order chi connectivity index (χ0) is 18.4. The molecule has 24 heavy (non-hydrogen) atoms. The summed E-state index contributed by atoms with van der Waals surface area (Å²) in [5.41, 5.74) is 0. The standard InChI is InChI=1S/C14H19FO9/c1-6(16)20-5-10-11(15)12(21-7(2)17)13(22-8(3)18)14(24-10)23-9(4)19/h10-14H,5H2,1-4H3/t10-,11+,12+,13-,14?/m1/s1. The Kier molecular flexibility index (Phi) is 7.08. The van der Waals surface area contributed by atoms with Crippen molar-refractivity contribution in [1.82, 2.24) is 0 Å². The van der Waals surface area contributed by atoms with E-state index >= 15 is 0 Å². The van der Waals surface area contributed by atoms with Gasteiger partial charge in [-0.2, -0.15) is 0 Å². The predicted octanol–water partition coefficient (Wildman–Crippen LogP) is 0.0390. The number of halogens is 1. The van der Waals surface area contributed by atoms with Gasteiger partial charge in [-0.15, -0.1) is 0 Å². The molecule has 0 bridgehead atoms. The monoisotopic (exact) mass is 350 g/mol. The Morgan fingerprint density at radius 2 is 1.33 bits per heavy atom. The van der Waals surface area contributed by atoms with Gasteiger partial charge in [0, 0.05) is 27.7 Å². The average Bonchev–Trinajstić information content (AvgIpc) is 2.42. The van der Waals surface area contributed by atoms with Crippen LogP contribution in [0.5, 0.6) is 0 Å². The number of hydrogen-bond donors (Lipinski definition) is 0. The number of alkyl halides is 1. The van der Waals surface area contributed by atoms with Crippen LogP contribution >= 0.6 is 0 Å². The van der Waals surface area contributed by atoms with Gasteiger partial charge in [0.1, 0.15) is 12.7 Å². The topological polar surface area (TPSA) is 114 Å². The molecule has 0 aromatic carbocycles. The van der Waals surface area contributed by atoms with E-state index in [2.05, 4.69) is 4.74 Å². The fraction of sp³-hybridized carbons (Fsp3) is 0.714. The van der Waals surface area contributed by atoms with E-state index in [9.17, 15) is 23.6 Å². The number of rotatable bonds is 5. The highest BCUT2D eigenvalue weighted by molar-refractivity contribution is 5.68. The minimum atomic E-state index is -1.98. The van der Waals surface area contributed by atoms with Gasteiger partial charge in [-0.3, -0.25) is 19.2 Å². The summed E-state index contributed by atoms with van der Waals surface area (Å²) < 4.78 is 39.1. The first-order chi connectivity index (χ1) is 11.1. The Bertz CT molecular complexity index is 506. The zero-order valence-corrected chi connectivity index (χ0v) is 13.6. The van der Waals surface area contributed by atoms with E-state index in [0.29, 0.717) is 0 Å². The number of ether oxygens (including phenoxy) is 5. The van der Waals surface area contributed by atoms with Crippen LogP contribution in [-0.2, 0) is 42.9 Å². The summed E-state index contributed by atoms with van der Waals surface area (Å²) in [6.07, 6.45) is -7.98. The number of carbonyl (C=O) groups excluding carboxylic acids is 4. The Labute approximate surface area is 137 Å². The molecule has 0 saturated carbocycles. The second-order valence-electron chi connectivity index (χ2n) is 5.05. The van der Waals surface area contributed by atoms with Crippen LogP contribution in [-0.4, -0.2) is 61.3 Å². The van der Waals surface area contributed by atoms with Crippen LogP contribution in [0.3, 0.4) is 0 Å². The molecule has 9 nitrogen and oxygen atoms in total. The minimum absolute atomic E-state index is 0.501. The molecule has 0 amide bonds. The molecule has 0 aromatic heterocycles. The lowest BCUT2D eigenvalue weighted by Gasteiger charge is -2.41. The number of esters is 4. The maximum absolute atomic E-state index is 14.6. The molecule has 1 heterocycles. The van der Waals surface area contributed by atoms with Gasteiger partial charge in [-0.05, 0) is 0 Å². The van der Waals surface area contributed by atoms with Crippen LogP contribution in [0.4, 0.5) is 4.39 Å². The summed E-state index contributed by atoms with van der Waals surface area (Å²) in [6.45, 7) is 3.77. The third-order valence-electron chi connectivity index (χ3n) is 2.91. The van der Waals surface area contributed by atoms with Crippen LogP contribution < -0.4 is 0 Å². The highest BCUT2D eigenvalue weighted by Crippen LogP contribution is 2.29. The highest BCUT2D eigenvalue weighted by Gasteiger charge is 2.52. The molecule has 1 rings (SSSR count). The second-order valence-corrected chi connectivity index (χ2v) is 5.05. The van der Waals surface area contributed by atoms with Crippen LogP contribution in [0, 0.1) is 0 Å². The van der Waals surface area contributed by atoms with E-state index in [4.69, 9.17) is 18.9 Å². The maximum atomic E-state index is 14.6. The van der Waals surface area contributed by atoms with Crippen molar-refractivity contribution in [2.45, 2.75) is 58.5 Å². The lowest BCUT2D eigenvalue weighted by molar-refractivity contribution is -0.288. The van der Waals surface area contributed by atoms with Crippen molar-refractivity contribution in [2.24, 2.45) is 0 Å². The van der Waals surface area contributed by atoms with E-state index in [0.717, 1.165) is 27.7 Å². The molecule has 0 aromatic rings. The van der Waals surface area contributed by atoms with Crippen molar-refractivity contribution in [2.75, 3.05) is 6.61 Å². The largest absolute Gasteiger partial charge is 0.463 e. The van der Waals surface area contributed by atoms with E-state index < -0.39 is 61.3 Å². The molecule has 1 saturated heterocycles. The Morgan fingerprint density at radius 3 is 1.79 bits per heavy atom. The zero-order valence-electron chi connectivity index (χ0n) is 13.6. The van der Waals surface area contributed by atoms with Gasteiger partial charge in [0.05, 0.1) is 0 Å². The fourth-order valence-electron chi connectivity index (χ4n) is 2.10. The third kappa shape index (κ3) is 5.76. The summed E-state index contributed by atoms with van der Waals surface area (Å²) >= 11 is 0. The molecule has 0 aliphatic carbocycles. The smallest absolute Gasteiger partial charge is 0.305 e. The molecular formula is C14H19FO9. The van der Waals surface area contributed by atoms with Gasteiger partial charge >= 0.3 is 23.9 Å². The molecule has 1 aliphatic heterocycles. The summed E-state index contributed by atoms with van der Waals surface area (Å²) in [7, 11) is 0. The van der Waals surface area contributed by atoms with Crippen molar-refractivity contribution in [3.63, 3.8) is 0 Å². The van der Waals surface area contributed by atoms with Crippen LogP contribution in [0.25, 0.3) is 0 Å². The fourth-order valence-corrected chi connectivity index (χ4v) is 2.10. The van der Waals surface area contributed by atoms with Crippen LogP contribution in [0.15, 0.2) is 0 Å². The molecule has 10 heteroatoms. The SMILES string of the molecule is CC(=O)OC[C@H]1OC(OC(C)=O)[C@H](OC(C)=O)[C@@H](OC(C)=O)[C@H]1F. The van der Waals surface area contributed by atoms with Crippen molar-refractivity contribution >= 4 is 23.9 Å². The quantitative estimate of drug-likeness (QED) is 0.500. The summed E-state index contributed by atoms with van der Waals surface area (Å²) in [5, 5.41) is 0. The van der Waals surface area contributed by atoms with Crippen LogP contribution in [0.1, 0.15) is 27.7 Å². The first-order valence-corrected chi connectivity index (χ1v) is 7.06. The van der Waals surface area contributed by atoms with Gasteiger partial charge in [0.2, 0.25) is 12.4 Å². The Hall–Kier alpha value is -2.23.